The van der Waals surface area contributed by atoms with E-state index in [0.717, 1.165) is 10.8 Å². The molecule has 0 atom stereocenters. The topological polar surface area (TPSA) is 34.1 Å². The highest BCUT2D eigenvalue weighted by atomic mass is 79.9. The van der Waals surface area contributed by atoms with Crippen molar-refractivity contribution in [1.82, 2.24) is 0 Å². The summed E-state index contributed by atoms with van der Waals surface area (Å²) in [5.74, 6) is -0.0603. The predicted molar refractivity (Wildman–Crippen MR) is 69.4 cm³/mol. The quantitative estimate of drug-likeness (QED) is 0.640. The summed E-state index contributed by atoms with van der Waals surface area (Å²) in [5, 5.41) is 0. The number of carbonyl (C=O) groups excluding carboxylic acids is 2. The van der Waals surface area contributed by atoms with E-state index in [1.54, 1.807) is 30.3 Å². The summed E-state index contributed by atoms with van der Waals surface area (Å²) >= 11 is 3.35. The predicted octanol–water partition coefficient (Wildman–Crippen LogP) is 3.49. The molecule has 0 fully saturated rings. The van der Waals surface area contributed by atoms with Crippen molar-refractivity contribution < 1.29 is 9.59 Å². The highest BCUT2D eigenvalue weighted by molar-refractivity contribution is 9.10. The van der Waals surface area contributed by atoms with E-state index in [-0.39, 0.29) is 5.78 Å². The maximum atomic E-state index is 12.1. The number of ketones is 1. The molecule has 17 heavy (non-hydrogen) atoms. The second-order valence-electron chi connectivity index (χ2n) is 3.55. The van der Waals surface area contributed by atoms with Crippen molar-refractivity contribution in [2.45, 2.75) is 0 Å². The molecule has 0 aliphatic heterocycles. The van der Waals surface area contributed by atoms with Crippen LogP contribution in [-0.4, -0.2) is 12.1 Å². The molecule has 0 saturated carbocycles. The molecule has 0 aromatic heterocycles. The summed E-state index contributed by atoms with van der Waals surface area (Å²) in [6.07, 6.45) is 0.757. The Bertz CT molecular complexity index is 559. The number of hydrogen-bond acceptors (Lipinski definition) is 2. The maximum absolute atomic E-state index is 12.1. The van der Waals surface area contributed by atoms with E-state index in [0.29, 0.717) is 16.7 Å². The Morgan fingerprint density at radius 3 is 2.24 bits per heavy atom. The van der Waals surface area contributed by atoms with Crippen LogP contribution in [0, 0.1) is 0 Å². The molecule has 0 saturated heterocycles. The molecular formula is C14H9BrO2. The molecule has 0 radical (unpaired) electrons. The molecule has 0 heterocycles. The summed E-state index contributed by atoms with van der Waals surface area (Å²) in [5.41, 5.74) is 1.75. The van der Waals surface area contributed by atoms with E-state index in [2.05, 4.69) is 15.9 Å². The lowest BCUT2D eigenvalue weighted by atomic mass is 10.0. The van der Waals surface area contributed by atoms with Crippen LogP contribution in [0.5, 0.6) is 0 Å². The first-order chi connectivity index (χ1) is 8.22. The van der Waals surface area contributed by atoms with Crippen LogP contribution in [0.3, 0.4) is 0 Å². The van der Waals surface area contributed by atoms with E-state index in [1.165, 1.54) is 0 Å². The van der Waals surface area contributed by atoms with E-state index in [1.807, 2.05) is 18.2 Å². The summed E-state index contributed by atoms with van der Waals surface area (Å²) < 4.78 is 0.768. The van der Waals surface area contributed by atoms with Gasteiger partial charge in [0.2, 0.25) is 0 Å². The lowest BCUT2D eigenvalue weighted by Crippen LogP contribution is -2.02. The van der Waals surface area contributed by atoms with Gasteiger partial charge in [-0.25, -0.2) is 0 Å². The average molecular weight is 289 g/mol. The van der Waals surface area contributed by atoms with Crippen LogP contribution in [-0.2, 0) is 0 Å². The Balaban J connectivity index is 2.37. The maximum Gasteiger partial charge on any atom is 0.194 e. The third-order valence-electron chi connectivity index (χ3n) is 2.43. The summed E-state index contributed by atoms with van der Waals surface area (Å²) in [7, 11) is 0. The zero-order valence-electron chi connectivity index (χ0n) is 8.89. The first-order valence-corrected chi connectivity index (χ1v) is 5.86. The Hall–Kier alpha value is -1.74. The molecule has 0 unspecified atom stereocenters. The van der Waals surface area contributed by atoms with E-state index >= 15 is 0 Å². The minimum atomic E-state index is -0.0603. The smallest absolute Gasteiger partial charge is 0.194 e. The number of aldehydes is 1. The normalized spacial score (nSPS) is 9.94. The van der Waals surface area contributed by atoms with Crippen LogP contribution >= 0.6 is 15.9 Å². The fourth-order valence-electron chi connectivity index (χ4n) is 1.51. The number of rotatable bonds is 3. The van der Waals surface area contributed by atoms with Crippen LogP contribution < -0.4 is 0 Å². The van der Waals surface area contributed by atoms with Crippen LogP contribution in [0.15, 0.2) is 53.0 Å². The fraction of sp³-hybridized carbons (Fsp3) is 0. The molecule has 0 amide bonds. The first kappa shape index (κ1) is 11.7. The number of hydrogen-bond donors (Lipinski definition) is 0. The van der Waals surface area contributed by atoms with Gasteiger partial charge >= 0.3 is 0 Å². The van der Waals surface area contributed by atoms with Gasteiger partial charge in [0.15, 0.2) is 5.78 Å². The Morgan fingerprint density at radius 1 is 1.00 bits per heavy atom. The minimum Gasteiger partial charge on any atom is -0.298 e. The molecule has 84 valence electrons. The SMILES string of the molecule is O=Cc1ccc(C(=O)c2ccccc2Br)cc1. The zero-order valence-corrected chi connectivity index (χ0v) is 10.5. The Labute approximate surface area is 107 Å². The van der Waals surface area contributed by atoms with Crippen LogP contribution in [0.4, 0.5) is 0 Å². The Kier molecular flexibility index (Phi) is 3.49. The van der Waals surface area contributed by atoms with Crippen molar-refractivity contribution in [3.05, 3.63) is 69.7 Å². The monoisotopic (exact) mass is 288 g/mol. The van der Waals surface area contributed by atoms with Crippen LogP contribution in [0.2, 0.25) is 0 Å². The summed E-state index contributed by atoms with van der Waals surface area (Å²) in [4.78, 5) is 22.7. The van der Waals surface area contributed by atoms with Gasteiger partial charge in [-0.05, 0) is 12.1 Å². The largest absolute Gasteiger partial charge is 0.298 e. The van der Waals surface area contributed by atoms with Gasteiger partial charge in [0, 0.05) is 21.2 Å². The van der Waals surface area contributed by atoms with Gasteiger partial charge in [-0.1, -0.05) is 52.3 Å². The number of benzene rings is 2. The third-order valence-corrected chi connectivity index (χ3v) is 3.12. The Morgan fingerprint density at radius 2 is 1.65 bits per heavy atom. The molecule has 2 rings (SSSR count). The molecule has 2 aromatic carbocycles. The van der Waals surface area contributed by atoms with Crippen LogP contribution in [0.25, 0.3) is 0 Å². The first-order valence-electron chi connectivity index (χ1n) is 5.07. The highest BCUT2D eigenvalue weighted by Gasteiger charge is 2.11. The van der Waals surface area contributed by atoms with Crippen molar-refractivity contribution in [3.8, 4) is 0 Å². The van der Waals surface area contributed by atoms with E-state index in [9.17, 15) is 9.59 Å². The second-order valence-corrected chi connectivity index (χ2v) is 4.40. The summed E-state index contributed by atoms with van der Waals surface area (Å²) in [6, 6.07) is 13.9. The fourth-order valence-corrected chi connectivity index (χ4v) is 1.98. The van der Waals surface area contributed by atoms with Gasteiger partial charge in [-0.3, -0.25) is 9.59 Å². The van der Waals surface area contributed by atoms with Crippen LogP contribution in [0.1, 0.15) is 26.3 Å². The molecule has 2 nitrogen and oxygen atoms in total. The molecule has 0 aliphatic rings. The summed E-state index contributed by atoms with van der Waals surface area (Å²) in [6.45, 7) is 0. The molecular weight excluding hydrogens is 280 g/mol. The van der Waals surface area contributed by atoms with E-state index in [4.69, 9.17) is 0 Å². The molecule has 0 spiro atoms. The number of carbonyl (C=O) groups is 2. The average Bonchev–Trinajstić information content (AvgIpc) is 2.39. The van der Waals surface area contributed by atoms with Crippen molar-refractivity contribution in [2.24, 2.45) is 0 Å². The molecule has 0 N–H and O–H groups in total. The molecule has 3 heteroatoms. The molecule has 0 bridgehead atoms. The van der Waals surface area contributed by atoms with Crippen molar-refractivity contribution in [3.63, 3.8) is 0 Å². The van der Waals surface area contributed by atoms with Gasteiger partial charge in [-0.2, -0.15) is 0 Å². The van der Waals surface area contributed by atoms with E-state index < -0.39 is 0 Å². The van der Waals surface area contributed by atoms with Gasteiger partial charge in [0.05, 0.1) is 0 Å². The molecule has 2 aromatic rings. The van der Waals surface area contributed by atoms with Gasteiger partial charge in [0.25, 0.3) is 0 Å². The van der Waals surface area contributed by atoms with Crippen molar-refractivity contribution >= 4 is 28.0 Å². The van der Waals surface area contributed by atoms with Crippen molar-refractivity contribution in [1.29, 1.82) is 0 Å². The van der Waals surface area contributed by atoms with Gasteiger partial charge in [-0.15, -0.1) is 0 Å². The number of halogens is 1. The standard InChI is InChI=1S/C14H9BrO2/c15-13-4-2-1-3-12(13)14(17)11-7-5-10(9-16)6-8-11/h1-9H. The zero-order chi connectivity index (χ0) is 12.3. The third kappa shape index (κ3) is 2.50. The van der Waals surface area contributed by atoms with Gasteiger partial charge in [0.1, 0.15) is 6.29 Å². The lowest BCUT2D eigenvalue weighted by Gasteiger charge is -2.03. The molecule has 0 aliphatic carbocycles. The van der Waals surface area contributed by atoms with Gasteiger partial charge < -0.3 is 0 Å². The lowest BCUT2D eigenvalue weighted by molar-refractivity contribution is 0.103. The highest BCUT2D eigenvalue weighted by Crippen LogP contribution is 2.19. The second kappa shape index (κ2) is 5.06. The van der Waals surface area contributed by atoms with Crippen molar-refractivity contribution in [2.75, 3.05) is 0 Å². The minimum absolute atomic E-state index is 0.0603.